The second kappa shape index (κ2) is 9.16. The number of carbonyl (C=O) groups is 2. The summed E-state index contributed by atoms with van der Waals surface area (Å²) in [7, 11) is 0. The minimum absolute atomic E-state index is 0.00707. The van der Waals surface area contributed by atoms with Crippen molar-refractivity contribution in [1.29, 1.82) is 0 Å². The molecule has 2 amide bonds. The lowest BCUT2D eigenvalue weighted by Gasteiger charge is -2.25. The largest absolute Gasteiger partial charge is 0.464 e. The zero-order valence-electron chi connectivity index (χ0n) is 18.3. The first kappa shape index (κ1) is 21.3. The van der Waals surface area contributed by atoms with Gasteiger partial charge in [0.2, 0.25) is 0 Å². The number of fused-ring (bicyclic) bond motifs is 1. The van der Waals surface area contributed by atoms with Gasteiger partial charge in [0.25, 0.3) is 11.8 Å². The number of carbonyl (C=O) groups excluding carboxylic acids is 2. The predicted octanol–water partition coefficient (Wildman–Crippen LogP) is 5.35. The Kier molecular flexibility index (Phi) is 5.92. The van der Waals surface area contributed by atoms with E-state index in [1.165, 1.54) is 5.56 Å². The van der Waals surface area contributed by atoms with Crippen molar-refractivity contribution in [3.8, 4) is 11.1 Å². The van der Waals surface area contributed by atoms with Crippen LogP contribution in [0.4, 0.5) is 0 Å². The summed E-state index contributed by atoms with van der Waals surface area (Å²) in [5.41, 5.74) is 5.07. The molecule has 4 aromatic rings. The highest BCUT2D eigenvalue weighted by Crippen LogP contribution is 2.29. The molecule has 3 aromatic carbocycles. The number of hydrogen-bond acceptors (Lipinski definition) is 4. The van der Waals surface area contributed by atoms with E-state index in [0.29, 0.717) is 29.1 Å². The van der Waals surface area contributed by atoms with E-state index < -0.39 is 0 Å². The van der Waals surface area contributed by atoms with Gasteiger partial charge >= 0.3 is 0 Å². The third-order valence-corrected chi connectivity index (χ3v) is 7.08. The molecule has 1 N–H and O–H groups in total. The summed E-state index contributed by atoms with van der Waals surface area (Å²) < 4.78 is 5.40. The van der Waals surface area contributed by atoms with E-state index in [0.717, 1.165) is 22.3 Å². The Morgan fingerprint density at radius 2 is 1.79 bits per heavy atom. The van der Waals surface area contributed by atoms with Gasteiger partial charge in [0, 0.05) is 23.2 Å². The van der Waals surface area contributed by atoms with Crippen LogP contribution in [-0.4, -0.2) is 40.9 Å². The molecule has 1 aliphatic rings. The van der Waals surface area contributed by atoms with E-state index in [1.807, 2.05) is 60.4 Å². The Hall–Kier alpha value is -3.51. The van der Waals surface area contributed by atoms with Crippen molar-refractivity contribution in [2.45, 2.75) is 13.0 Å². The van der Waals surface area contributed by atoms with Gasteiger partial charge in [-0.2, -0.15) is 0 Å². The van der Waals surface area contributed by atoms with E-state index in [2.05, 4.69) is 17.4 Å². The molecule has 2 heterocycles. The van der Waals surface area contributed by atoms with Crippen molar-refractivity contribution >= 4 is 34.5 Å². The highest BCUT2D eigenvalue weighted by atomic mass is 32.2. The van der Waals surface area contributed by atoms with Crippen molar-refractivity contribution in [3.05, 3.63) is 95.7 Å². The van der Waals surface area contributed by atoms with E-state index in [9.17, 15) is 9.59 Å². The van der Waals surface area contributed by atoms with E-state index >= 15 is 0 Å². The van der Waals surface area contributed by atoms with Crippen LogP contribution in [0.3, 0.4) is 0 Å². The zero-order chi connectivity index (χ0) is 22.8. The summed E-state index contributed by atoms with van der Waals surface area (Å²) >= 11 is 1.71. The van der Waals surface area contributed by atoms with E-state index in [1.54, 1.807) is 30.2 Å². The minimum Gasteiger partial charge on any atom is -0.464 e. The van der Waals surface area contributed by atoms with Gasteiger partial charge in [0.15, 0.2) is 0 Å². The van der Waals surface area contributed by atoms with Crippen molar-refractivity contribution in [1.82, 2.24) is 10.2 Å². The summed E-state index contributed by atoms with van der Waals surface area (Å²) in [5.74, 6) is 1.23. The maximum absolute atomic E-state index is 13.6. The lowest BCUT2D eigenvalue weighted by atomic mass is 9.98. The Bertz CT molecular complexity index is 1310. The van der Waals surface area contributed by atoms with Gasteiger partial charge in [-0.05, 0) is 42.3 Å². The quantitative estimate of drug-likeness (QED) is 0.440. The first-order valence-corrected chi connectivity index (χ1v) is 12.1. The molecule has 1 saturated heterocycles. The molecule has 1 aliphatic heterocycles. The molecule has 166 valence electrons. The molecule has 0 saturated carbocycles. The molecule has 5 nitrogen and oxygen atoms in total. The number of amides is 2. The average Bonchev–Trinajstić information content (AvgIpc) is 3.52. The Morgan fingerprint density at radius 1 is 1.00 bits per heavy atom. The van der Waals surface area contributed by atoms with Gasteiger partial charge in [0.1, 0.15) is 5.58 Å². The highest BCUT2D eigenvalue weighted by molar-refractivity contribution is 7.99. The topological polar surface area (TPSA) is 62.6 Å². The van der Waals surface area contributed by atoms with Gasteiger partial charge in [0.05, 0.1) is 23.7 Å². The molecular formula is C27H24N2O3S. The zero-order valence-corrected chi connectivity index (χ0v) is 19.1. The van der Waals surface area contributed by atoms with Crippen LogP contribution < -0.4 is 5.32 Å². The third kappa shape index (κ3) is 4.26. The van der Waals surface area contributed by atoms with Gasteiger partial charge in [-0.1, -0.05) is 54.1 Å². The predicted molar refractivity (Wildman–Crippen MR) is 132 cm³/mol. The van der Waals surface area contributed by atoms with Crippen molar-refractivity contribution < 1.29 is 14.0 Å². The van der Waals surface area contributed by atoms with Crippen LogP contribution in [0, 0.1) is 6.92 Å². The molecule has 1 fully saturated rings. The SMILES string of the molecule is Cc1ccc(-c2ccccc2C(=O)N2CSC[C@H]2CNC(=O)c2cccc3occc23)cc1. The van der Waals surface area contributed by atoms with Crippen molar-refractivity contribution in [3.63, 3.8) is 0 Å². The maximum Gasteiger partial charge on any atom is 0.255 e. The fraction of sp³-hybridized carbons (Fsp3) is 0.185. The molecule has 1 aromatic heterocycles. The molecule has 0 radical (unpaired) electrons. The Balaban J connectivity index is 1.33. The highest BCUT2D eigenvalue weighted by Gasteiger charge is 2.31. The van der Waals surface area contributed by atoms with Crippen LogP contribution in [0.5, 0.6) is 0 Å². The fourth-order valence-corrected chi connectivity index (χ4v) is 5.38. The Labute approximate surface area is 196 Å². The number of rotatable bonds is 5. The van der Waals surface area contributed by atoms with Crippen LogP contribution >= 0.6 is 11.8 Å². The smallest absolute Gasteiger partial charge is 0.255 e. The molecule has 0 spiro atoms. The van der Waals surface area contributed by atoms with Crippen LogP contribution in [0.2, 0.25) is 0 Å². The number of furan rings is 1. The van der Waals surface area contributed by atoms with Crippen molar-refractivity contribution in [2.24, 2.45) is 0 Å². The van der Waals surface area contributed by atoms with Gasteiger partial charge in [-0.25, -0.2) is 0 Å². The maximum atomic E-state index is 13.6. The van der Waals surface area contributed by atoms with Crippen LogP contribution in [0.25, 0.3) is 22.1 Å². The van der Waals surface area contributed by atoms with Gasteiger partial charge in [-0.15, -0.1) is 11.8 Å². The van der Waals surface area contributed by atoms with E-state index in [-0.39, 0.29) is 17.9 Å². The Morgan fingerprint density at radius 3 is 2.64 bits per heavy atom. The van der Waals surface area contributed by atoms with Crippen LogP contribution in [0.15, 0.2) is 83.5 Å². The molecule has 1 atom stereocenters. The summed E-state index contributed by atoms with van der Waals surface area (Å²) in [5, 5.41) is 3.81. The molecule has 0 aliphatic carbocycles. The fourth-order valence-electron chi connectivity index (χ4n) is 4.18. The lowest BCUT2D eigenvalue weighted by Crippen LogP contribution is -2.44. The molecule has 0 bridgehead atoms. The average molecular weight is 457 g/mol. The number of benzene rings is 3. The summed E-state index contributed by atoms with van der Waals surface area (Å²) in [4.78, 5) is 28.3. The summed E-state index contributed by atoms with van der Waals surface area (Å²) in [6.07, 6.45) is 1.58. The van der Waals surface area contributed by atoms with Crippen molar-refractivity contribution in [2.75, 3.05) is 18.2 Å². The van der Waals surface area contributed by atoms with E-state index in [4.69, 9.17) is 4.42 Å². The van der Waals surface area contributed by atoms with Crippen LogP contribution in [0.1, 0.15) is 26.3 Å². The number of aryl methyl sites for hydroxylation is 1. The normalized spacial score (nSPS) is 15.7. The molecule has 0 unspecified atom stereocenters. The monoisotopic (exact) mass is 456 g/mol. The third-order valence-electron chi connectivity index (χ3n) is 6.00. The number of thioether (sulfide) groups is 1. The van der Waals surface area contributed by atoms with Crippen LogP contribution in [-0.2, 0) is 0 Å². The van der Waals surface area contributed by atoms with Gasteiger partial charge in [-0.3, -0.25) is 9.59 Å². The lowest BCUT2D eigenvalue weighted by molar-refractivity contribution is 0.0737. The second-order valence-corrected chi connectivity index (χ2v) is 9.19. The minimum atomic E-state index is -0.161. The molecule has 33 heavy (non-hydrogen) atoms. The molecular weight excluding hydrogens is 432 g/mol. The number of hydrogen-bond donors (Lipinski definition) is 1. The first-order chi connectivity index (χ1) is 16.1. The number of nitrogens with one attached hydrogen (secondary N) is 1. The van der Waals surface area contributed by atoms with Gasteiger partial charge < -0.3 is 14.6 Å². The standard InChI is InChI=1S/C27H24N2O3S/c1-18-9-11-19(12-10-18)21-5-2-3-6-24(21)27(31)29-17-33-16-20(29)15-28-26(30)23-7-4-8-25-22(23)13-14-32-25/h2-14,20H,15-17H2,1H3,(H,28,30)/t20-/m1/s1. The summed E-state index contributed by atoms with van der Waals surface area (Å²) in [6.45, 7) is 2.45. The number of nitrogens with zero attached hydrogens (tertiary/aromatic N) is 1. The first-order valence-electron chi connectivity index (χ1n) is 10.9. The molecule has 5 rings (SSSR count). The summed E-state index contributed by atoms with van der Waals surface area (Å²) in [6, 6.07) is 23.1. The molecule has 6 heteroatoms. The second-order valence-electron chi connectivity index (χ2n) is 8.19.